The van der Waals surface area contributed by atoms with Crippen molar-refractivity contribution in [2.75, 3.05) is 20.1 Å². The van der Waals surface area contributed by atoms with Crippen LogP contribution in [-0.2, 0) is 9.59 Å². The number of nitrogens with one attached hydrogen (secondary N) is 2. The van der Waals surface area contributed by atoms with E-state index in [1.807, 2.05) is 0 Å². The third-order valence-corrected chi connectivity index (χ3v) is 1.50. The quantitative estimate of drug-likeness (QED) is 0.481. The molecule has 0 aromatic heterocycles. The van der Waals surface area contributed by atoms with Gasteiger partial charge in [-0.15, -0.1) is 0 Å². The number of nitrogens with two attached hydrogens (primary N) is 1. The van der Waals surface area contributed by atoms with Gasteiger partial charge in [-0.1, -0.05) is 6.92 Å². The van der Waals surface area contributed by atoms with Crippen molar-refractivity contribution >= 4 is 11.8 Å². The smallest absolute Gasteiger partial charge is 0.239 e. The van der Waals surface area contributed by atoms with Gasteiger partial charge in [0.15, 0.2) is 0 Å². The predicted molar refractivity (Wildman–Crippen MR) is 45.3 cm³/mol. The van der Waals surface area contributed by atoms with Crippen molar-refractivity contribution in [1.29, 1.82) is 0 Å². The Labute approximate surface area is 71.7 Å². The average Bonchev–Trinajstić information content (AvgIpc) is 2.11. The largest absolute Gasteiger partial charge is 0.358 e. The van der Waals surface area contributed by atoms with E-state index in [1.54, 1.807) is 6.92 Å². The number of amides is 2. The predicted octanol–water partition coefficient (Wildman–Crippen LogP) is -1.56. The molecule has 0 rings (SSSR count). The maximum absolute atomic E-state index is 11.0. The third-order valence-electron chi connectivity index (χ3n) is 1.50. The summed E-state index contributed by atoms with van der Waals surface area (Å²) >= 11 is 0. The molecule has 12 heavy (non-hydrogen) atoms. The first kappa shape index (κ1) is 10.9. The van der Waals surface area contributed by atoms with Crippen molar-refractivity contribution in [2.45, 2.75) is 6.92 Å². The maximum atomic E-state index is 11.0. The average molecular weight is 173 g/mol. The SMILES string of the molecule is CNC(=O)CNC(=O)C(C)CN. The van der Waals surface area contributed by atoms with Crippen LogP contribution >= 0.6 is 0 Å². The van der Waals surface area contributed by atoms with Gasteiger partial charge in [0.2, 0.25) is 11.8 Å². The molecule has 0 bridgehead atoms. The molecule has 0 saturated carbocycles. The van der Waals surface area contributed by atoms with Crippen molar-refractivity contribution in [3.63, 3.8) is 0 Å². The van der Waals surface area contributed by atoms with E-state index < -0.39 is 0 Å². The van der Waals surface area contributed by atoms with Crippen molar-refractivity contribution in [3.05, 3.63) is 0 Å². The van der Waals surface area contributed by atoms with Crippen LogP contribution in [0.25, 0.3) is 0 Å². The molecular weight excluding hydrogens is 158 g/mol. The van der Waals surface area contributed by atoms with Crippen LogP contribution in [0, 0.1) is 5.92 Å². The summed E-state index contributed by atoms with van der Waals surface area (Å²) in [5.41, 5.74) is 5.25. The van der Waals surface area contributed by atoms with Crippen LogP contribution in [0.15, 0.2) is 0 Å². The van der Waals surface area contributed by atoms with Crippen LogP contribution in [-0.4, -0.2) is 32.0 Å². The highest BCUT2D eigenvalue weighted by Crippen LogP contribution is 1.88. The fraction of sp³-hybridized carbons (Fsp3) is 0.714. The van der Waals surface area contributed by atoms with Crippen molar-refractivity contribution < 1.29 is 9.59 Å². The number of rotatable bonds is 4. The number of hydrogen-bond acceptors (Lipinski definition) is 3. The lowest BCUT2D eigenvalue weighted by molar-refractivity contribution is -0.127. The van der Waals surface area contributed by atoms with E-state index in [0.717, 1.165) is 0 Å². The van der Waals surface area contributed by atoms with E-state index in [0.29, 0.717) is 6.54 Å². The Morgan fingerprint density at radius 2 is 2.08 bits per heavy atom. The Morgan fingerprint density at radius 1 is 1.50 bits per heavy atom. The van der Waals surface area contributed by atoms with Crippen LogP contribution in [0.1, 0.15) is 6.92 Å². The second kappa shape index (κ2) is 5.54. The molecule has 0 fully saturated rings. The van der Waals surface area contributed by atoms with E-state index >= 15 is 0 Å². The number of hydrogen-bond donors (Lipinski definition) is 3. The monoisotopic (exact) mass is 173 g/mol. The van der Waals surface area contributed by atoms with Gasteiger partial charge in [-0.05, 0) is 0 Å². The summed E-state index contributed by atoms with van der Waals surface area (Å²) < 4.78 is 0. The van der Waals surface area contributed by atoms with Crippen molar-refractivity contribution in [1.82, 2.24) is 10.6 Å². The lowest BCUT2D eigenvalue weighted by Gasteiger charge is -2.08. The fourth-order valence-electron chi connectivity index (χ4n) is 0.537. The molecule has 70 valence electrons. The zero-order chi connectivity index (χ0) is 9.56. The molecule has 0 spiro atoms. The Kier molecular flexibility index (Phi) is 5.03. The van der Waals surface area contributed by atoms with E-state index in [9.17, 15) is 9.59 Å². The van der Waals surface area contributed by atoms with Crippen LogP contribution in [0.2, 0.25) is 0 Å². The summed E-state index contributed by atoms with van der Waals surface area (Å²) in [4.78, 5) is 21.7. The molecule has 0 radical (unpaired) electrons. The third kappa shape index (κ3) is 3.92. The number of carbonyl (C=O) groups excluding carboxylic acids is 2. The second-order valence-electron chi connectivity index (χ2n) is 2.53. The van der Waals surface area contributed by atoms with Gasteiger partial charge in [-0.2, -0.15) is 0 Å². The summed E-state index contributed by atoms with van der Waals surface area (Å²) in [6.07, 6.45) is 0. The molecule has 0 aromatic carbocycles. The number of carbonyl (C=O) groups is 2. The molecule has 0 aromatic rings. The lowest BCUT2D eigenvalue weighted by atomic mass is 10.2. The highest BCUT2D eigenvalue weighted by Gasteiger charge is 2.10. The summed E-state index contributed by atoms with van der Waals surface area (Å²) in [6, 6.07) is 0. The standard InChI is InChI=1S/C7H15N3O2/c1-5(3-8)7(12)10-4-6(11)9-2/h5H,3-4,8H2,1-2H3,(H,9,11)(H,10,12). The molecular formula is C7H15N3O2. The number of likely N-dealkylation sites (N-methyl/N-ethyl adjacent to an activating group) is 1. The zero-order valence-corrected chi connectivity index (χ0v) is 7.39. The van der Waals surface area contributed by atoms with Gasteiger partial charge in [0.25, 0.3) is 0 Å². The van der Waals surface area contributed by atoms with Gasteiger partial charge >= 0.3 is 0 Å². The summed E-state index contributed by atoms with van der Waals surface area (Å²) in [5.74, 6) is -0.650. The molecule has 5 nitrogen and oxygen atoms in total. The van der Waals surface area contributed by atoms with E-state index in [4.69, 9.17) is 5.73 Å². The lowest BCUT2D eigenvalue weighted by Crippen LogP contribution is -2.39. The molecule has 5 heteroatoms. The maximum Gasteiger partial charge on any atom is 0.239 e. The van der Waals surface area contributed by atoms with E-state index in [2.05, 4.69) is 10.6 Å². The van der Waals surface area contributed by atoms with Crippen molar-refractivity contribution in [2.24, 2.45) is 11.7 Å². The van der Waals surface area contributed by atoms with Crippen LogP contribution < -0.4 is 16.4 Å². The molecule has 4 N–H and O–H groups in total. The zero-order valence-electron chi connectivity index (χ0n) is 7.39. The van der Waals surface area contributed by atoms with Gasteiger partial charge in [-0.3, -0.25) is 9.59 Å². The van der Waals surface area contributed by atoms with Crippen LogP contribution in [0.5, 0.6) is 0 Å². The van der Waals surface area contributed by atoms with E-state index in [-0.39, 0.29) is 24.3 Å². The van der Waals surface area contributed by atoms with Gasteiger partial charge in [0, 0.05) is 19.5 Å². The first-order valence-electron chi connectivity index (χ1n) is 3.80. The molecule has 0 aliphatic carbocycles. The minimum Gasteiger partial charge on any atom is -0.358 e. The molecule has 0 heterocycles. The normalized spacial score (nSPS) is 11.9. The Bertz CT molecular complexity index is 170. The minimum atomic E-state index is -0.241. The van der Waals surface area contributed by atoms with Gasteiger partial charge in [0.1, 0.15) is 0 Å². The van der Waals surface area contributed by atoms with Gasteiger partial charge in [-0.25, -0.2) is 0 Å². The molecule has 1 unspecified atom stereocenters. The molecule has 0 aliphatic heterocycles. The molecule has 1 atom stereocenters. The molecule has 2 amide bonds. The van der Waals surface area contributed by atoms with Crippen LogP contribution in [0.4, 0.5) is 0 Å². The highest BCUT2D eigenvalue weighted by molar-refractivity contribution is 5.85. The molecule has 0 aliphatic rings. The topological polar surface area (TPSA) is 84.2 Å². The fourth-order valence-corrected chi connectivity index (χ4v) is 0.537. The Morgan fingerprint density at radius 3 is 2.50 bits per heavy atom. The molecule has 0 saturated heterocycles. The summed E-state index contributed by atoms with van der Waals surface area (Å²) in [7, 11) is 1.51. The van der Waals surface area contributed by atoms with Gasteiger partial charge in [0.05, 0.1) is 6.54 Å². The van der Waals surface area contributed by atoms with Gasteiger partial charge < -0.3 is 16.4 Å². The van der Waals surface area contributed by atoms with E-state index in [1.165, 1.54) is 7.05 Å². The van der Waals surface area contributed by atoms with Crippen LogP contribution in [0.3, 0.4) is 0 Å². The summed E-state index contributed by atoms with van der Waals surface area (Å²) in [6.45, 7) is 2.01. The van der Waals surface area contributed by atoms with Crippen molar-refractivity contribution in [3.8, 4) is 0 Å². The first-order valence-corrected chi connectivity index (χ1v) is 3.80. The Hall–Kier alpha value is -1.10. The first-order chi connectivity index (χ1) is 5.61. The highest BCUT2D eigenvalue weighted by atomic mass is 16.2. The second-order valence-corrected chi connectivity index (χ2v) is 2.53. The Balaban J connectivity index is 3.64. The minimum absolute atomic E-state index is 0.0136. The summed E-state index contributed by atoms with van der Waals surface area (Å²) in [5, 5.41) is 4.85.